The number of hydrogen-bond donors (Lipinski definition) is 1. The van der Waals surface area contributed by atoms with Crippen LogP contribution in [-0.2, 0) is 9.53 Å². The Morgan fingerprint density at radius 1 is 1.50 bits per heavy atom. The Morgan fingerprint density at radius 2 is 2.12 bits per heavy atom. The van der Waals surface area contributed by atoms with Gasteiger partial charge in [-0.25, -0.2) is 0 Å². The van der Waals surface area contributed by atoms with E-state index in [1.165, 1.54) is 0 Å². The van der Waals surface area contributed by atoms with Crippen LogP contribution in [0.4, 0.5) is 0 Å². The highest BCUT2D eigenvalue weighted by Gasteiger charge is 2.16. The minimum atomic E-state index is 0.0857. The summed E-state index contributed by atoms with van der Waals surface area (Å²) in [6.07, 6.45) is 1.23. The molecule has 0 spiro atoms. The molecule has 5 heteroatoms. The van der Waals surface area contributed by atoms with E-state index in [2.05, 4.69) is 0 Å². The highest BCUT2D eigenvalue weighted by Crippen LogP contribution is 2.04. The topological polar surface area (TPSA) is 55.6 Å². The summed E-state index contributed by atoms with van der Waals surface area (Å²) in [4.78, 5) is 13.9. The highest BCUT2D eigenvalue weighted by atomic mass is 32.1. The molecule has 0 saturated carbocycles. The van der Waals surface area contributed by atoms with Gasteiger partial charge in [-0.1, -0.05) is 12.2 Å². The Kier molecular flexibility index (Phi) is 8.11. The van der Waals surface area contributed by atoms with Crippen molar-refractivity contribution in [2.75, 3.05) is 19.8 Å². The molecular formula is C11H22N2O2S. The fourth-order valence-electron chi connectivity index (χ4n) is 1.34. The van der Waals surface area contributed by atoms with E-state index in [9.17, 15) is 4.79 Å². The zero-order valence-corrected chi connectivity index (χ0v) is 11.2. The van der Waals surface area contributed by atoms with E-state index >= 15 is 0 Å². The molecule has 0 rings (SSSR count). The number of ether oxygens (including phenoxy) is 1. The molecule has 0 aliphatic carbocycles. The van der Waals surface area contributed by atoms with Crippen LogP contribution >= 0.6 is 12.2 Å². The zero-order chi connectivity index (χ0) is 12.6. The lowest BCUT2D eigenvalue weighted by atomic mass is 10.2. The molecule has 0 atom stereocenters. The normalized spacial score (nSPS) is 10.5. The van der Waals surface area contributed by atoms with E-state index in [0.29, 0.717) is 31.2 Å². The molecule has 0 bridgehead atoms. The number of carbonyl (C=O) groups excluding carboxylic acids is 1. The monoisotopic (exact) mass is 246 g/mol. The molecule has 0 aliphatic heterocycles. The molecule has 94 valence electrons. The first-order chi connectivity index (χ1) is 7.49. The maximum Gasteiger partial charge on any atom is 0.223 e. The van der Waals surface area contributed by atoms with E-state index in [1.54, 1.807) is 4.90 Å². The molecule has 0 unspecified atom stereocenters. The largest absolute Gasteiger partial charge is 0.392 e. The summed E-state index contributed by atoms with van der Waals surface area (Å²) >= 11 is 4.82. The van der Waals surface area contributed by atoms with Gasteiger partial charge in [-0.15, -0.1) is 0 Å². The lowest BCUT2D eigenvalue weighted by molar-refractivity contribution is -0.132. The summed E-state index contributed by atoms with van der Waals surface area (Å²) in [5, 5.41) is 0. The first-order valence-electron chi connectivity index (χ1n) is 5.64. The molecular weight excluding hydrogens is 224 g/mol. The average molecular weight is 246 g/mol. The van der Waals surface area contributed by atoms with Crippen molar-refractivity contribution in [1.82, 2.24) is 4.90 Å². The molecule has 0 radical (unpaired) electrons. The SMILES string of the molecule is CCOCCCC(=O)N(CC(N)=S)C(C)C. The second-order valence-electron chi connectivity index (χ2n) is 3.88. The van der Waals surface area contributed by atoms with Crippen molar-refractivity contribution in [3.63, 3.8) is 0 Å². The summed E-state index contributed by atoms with van der Waals surface area (Å²) in [5.74, 6) is 0.0857. The van der Waals surface area contributed by atoms with Gasteiger partial charge in [0.05, 0.1) is 11.5 Å². The van der Waals surface area contributed by atoms with E-state index < -0.39 is 0 Å². The van der Waals surface area contributed by atoms with Gasteiger partial charge >= 0.3 is 0 Å². The highest BCUT2D eigenvalue weighted by molar-refractivity contribution is 7.80. The van der Waals surface area contributed by atoms with Crippen molar-refractivity contribution in [3.05, 3.63) is 0 Å². The Balaban J connectivity index is 4.02. The molecule has 0 aliphatic rings. The summed E-state index contributed by atoms with van der Waals surface area (Å²) < 4.78 is 5.18. The van der Waals surface area contributed by atoms with Crippen molar-refractivity contribution in [1.29, 1.82) is 0 Å². The fourth-order valence-corrected chi connectivity index (χ4v) is 1.48. The van der Waals surface area contributed by atoms with Crippen LogP contribution in [0, 0.1) is 0 Å². The fraction of sp³-hybridized carbons (Fsp3) is 0.818. The smallest absolute Gasteiger partial charge is 0.223 e. The zero-order valence-electron chi connectivity index (χ0n) is 10.4. The Morgan fingerprint density at radius 3 is 2.56 bits per heavy atom. The van der Waals surface area contributed by atoms with Crippen molar-refractivity contribution in [2.45, 2.75) is 39.7 Å². The van der Waals surface area contributed by atoms with Gasteiger partial charge in [-0.3, -0.25) is 4.79 Å². The van der Waals surface area contributed by atoms with Gasteiger partial charge in [0.15, 0.2) is 0 Å². The average Bonchev–Trinajstić information content (AvgIpc) is 2.20. The maximum atomic E-state index is 11.8. The lowest BCUT2D eigenvalue weighted by Crippen LogP contribution is -2.42. The number of carbonyl (C=O) groups is 1. The Labute approximate surface area is 103 Å². The van der Waals surface area contributed by atoms with Crippen molar-refractivity contribution in [2.24, 2.45) is 5.73 Å². The number of rotatable bonds is 8. The number of hydrogen-bond acceptors (Lipinski definition) is 3. The summed E-state index contributed by atoms with van der Waals surface area (Å²) in [6, 6.07) is 0.126. The number of thiocarbonyl (C=S) groups is 1. The van der Waals surface area contributed by atoms with E-state index in [0.717, 1.165) is 6.42 Å². The third-order valence-corrected chi connectivity index (χ3v) is 2.28. The molecule has 0 heterocycles. The third kappa shape index (κ3) is 6.74. The van der Waals surface area contributed by atoms with Gasteiger partial charge in [0.25, 0.3) is 0 Å². The molecule has 0 aromatic rings. The standard InChI is InChI=1S/C11H22N2O2S/c1-4-15-7-5-6-11(14)13(9(2)3)8-10(12)16/h9H,4-8H2,1-3H3,(H2,12,16). The first kappa shape index (κ1) is 15.3. The van der Waals surface area contributed by atoms with Crippen LogP contribution in [0.25, 0.3) is 0 Å². The summed E-state index contributed by atoms with van der Waals surface area (Å²) in [6.45, 7) is 7.53. The quantitative estimate of drug-likeness (QED) is 0.518. The van der Waals surface area contributed by atoms with Crippen molar-refractivity contribution < 1.29 is 9.53 Å². The van der Waals surface area contributed by atoms with Gasteiger partial charge in [0.2, 0.25) is 5.91 Å². The van der Waals surface area contributed by atoms with Gasteiger partial charge in [0, 0.05) is 25.7 Å². The molecule has 0 saturated heterocycles. The predicted molar refractivity (Wildman–Crippen MR) is 69.4 cm³/mol. The predicted octanol–water partition coefficient (Wildman–Crippen LogP) is 1.33. The molecule has 0 fully saturated rings. The molecule has 1 amide bonds. The number of amides is 1. The molecule has 2 N–H and O–H groups in total. The molecule has 0 aromatic carbocycles. The number of nitrogens with two attached hydrogens (primary N) is 1. The van der Waals surface area contributed by atoms with E-state index in [-0.39, 0.29) is 11.9 Å². The van der Waals surface area contributed by atoms with Crippen LogP contribution in [0.1, 0.15) is 33.6 Å². The van der Waals surface area contributed by atoms with E-state index in [1.807, 2.05) is 20.8 Å². The van der Waals surface area contributed by atoms with Crippen LogP contribution in [0.15, 0.2) is 0 Å². The maximum absolute atomic E-state index is 11.8. The van der Waals surface area contributed by atoms with Gasteiger partial charge in [-0.2, -0.15) is 0 Å². The van der Waals surface area contributed by atoms with Crippen LogP contribution < -0.4 is 5.73 Å². The minimum Gasteiger partial charge on any atom is -0.392 e. The van der Waals surface area contributed by atoms with Crippen molar-refractivity contribution >= 4 is 23.1 Å². The van der Waals surface area contributed by atoms with Gasteiger partial charge in [0.1, 0.15) is 0 Å². The van der Waals surface area contributed by atoms with Gasteiger partial charge in [-0.05, 0) is 27.2 Å². The lowest BCUT2D eigenvalue weighted by Gasteiger charge is -2.26. The summed E-state index contributed by atoms with van der Waals surface area (Å²) in [5.41, 5.74) is 5.46. The molecule has 16 heavy (non-hydrogen) atoms. The minimum absolute atomic E-state index is 0.0857. The second kappa shape index (κ2) is 8.47. The third-order valence-electron chi connectivity index (χ3n) is 2.15. The Bertz CT molecular complexity index is 232. The van der Waals surface area contributed by atoms with Crippen LogP contribution in [0.5, 0.6) is 0 Å². The van der Waals surface area contributed by atoms with Gasteiger partial charge < -0.3 is 15.4 Å². The molecule has 4 nitrogen and oxygen atoms in total. The van der Waals surface area contributed by atoms with Crippen LogP contribution in [0.3, 0.4) is 0 Å². The van der Waals surface area contributed by atoms with Crippen LogP contribution in [-0.4, -0.2) is 41.6 Å². The number of nitrogens with zero attached hydrogens (tertiary/aromatic N) is 1. The van der Waals surface area contributed by atoms with Crippen molar-refractivity contribution in [3.8, 4) is 0 Å². The van der Waals surface area contributed by atoms with Crippen LogP contribution in [0.2, 0.25) is 0 Å². The Hall–Kier alpha value is -0.680. The summed E-state index contributed by atoms with van der Waals surface area (Å²) in [7, 11) is 0. The second-order valence-corrected chi connectivity index (χ2v) is 4.41. The first-order valence-corrected chi connectivity index (χ1v) is 6.05. The molecule has 0 aromatic heterocycles. The van der Waals surface area contributed by atoms with E-state index in [4.69, 9.17) is 22.7 Å².